The van der Waals surface area contributed by atoms with E-state index in [4.69, 9.17) is 4.74 Å². The van der Waals surface area contributed by atoms with Gasteiger partial charge in [0.15, 0.2) is 5.17 Å². The number of amides is 1. The summed E-state index contributed by atoms with van der Waals surface area (Å²) in [6, 6.07) is 29.8. The molecule has 4 aromatic carbocycles. The maximum atomic E-state index is 12.6. The van der Waals surface area contributed by atoms with Crippen molar-refractivity contribution in [2.24, 2.45) is 4.99 Å². The SMILES string of the molecule is O=C1NC(=Nc2ccccc2)S/C1=C\c1cc(Br)ccc1OCc1cccc2ccccc12. The molecular weight excluding hydrogens is 496 g/mol. The summed E-state index contributed by atoms with van der Waals surface area (Å²) in [6.45, 7) is 0.430. The summed E-state index contributed by atoms with van der Waals surface area (Å²) >= 11 is 4.85. The van der Waals surface area contributed by atoms with Crippen LogP contribution in [0.3, 0.4) is 0 Å². The van der Waals surface area contributed by atoms with E-state index in [2.05, 4.69) is 50.5 Å². The number of nitrogens with zero attached hydrogens (tertiary/aromatic N) is 1. The fraction of sp³-hybridized carbons (Fsp3) is 0.0370. The standard InChI is InChI=1S/C27H19BrN2O2S/c28-21-13-14-24(32-17-19-9-6-8-18-7-4-5-12-23(18)19)20(15-21)16-25-26(31)30-27(33-25)29-22-10-2-1-3-11-22/h1-16H,17H2,(H,29,30,31)/b25-16-. The molecule has 0 spiro atoms. The third-order valence-electron chi connectivity index (χ3n) is 5.16. The van der Waals surface area contributed by atoms with Crippen molar-refractivity contribution in [3.8, 4) is 5.75 Å². The molecule has 5 rings (SSSR count). The van der Waals surface area contributed by atoms with Crippen LogP contribution in [0.25, 0.3) is 16.8 Å². The highest BCUT2D eigenvalue weighted by Gasteiger charge is 2.24. The van der Waals surface area contributed by atoms with Gasteiger partial charge in [-0.3, -0.25) is 4.79 Å². The van der Waals surface area contributed by atoms with E-state index in [1.807, 2.05) is 72.8 Å². The van der Waals surface area contributed by atoms with Gasteiger partial charge in [-0.25, -0.2) is 4.99 Å². The lowest BCUT2D eigenvalue weighted by Gasteiger charge is -2.12. The summed E-state index contributed by atoms with van der Waals surface area (Å²) in [4.78, 5) is 17.6. The van der Waals surface area contributed by atoms with Crippen molar-refractivity contribution in [1.82, 2.24) is 5.32 Å². The zero-order chi connectivity index (χ0) is 22.6. The minimum atomic E-state index is -0.172. The van der Waals surface area contributed by atoms with E-state index in [-0.39, 0.29) is 5.91 Å². The molecule has 6 heteroatoms. The summed E-state index contributed by atoms with van der Waals surface area (Å²) in [5.41, 5.74) is 2.73. The van der Waals surface area contributed by atoms with Gasteiger partial charge in [-0.1, -0.05) is 76.6 Å². The second-order valence-corrected chi connectivity index (χ2v) is 9.37. The zero-order valence-electron chi connectivity index (χ0n) is 17.5. The Morgan fingerprint density at radius 2 is 1.73 bits per heavy atom. The Labute approximate surface area is 204 Å². The van der Waals surface area contributed by atoms with Gasteiger partial charge < -0.3 is 10.1 Å². The number of aliphatic imine (C=N–C) groups is 1. The molecule has 1 saturated heterocycles. The molecule has 1 amide bonds. The van der Waals surface area contributed by atoms with Crippen LogP contribution in [0.5, 0.6) is 5.75 Å². The van der Waals surface area contributed by atoms with Crippen LogP contribution in [0, 0.1) is 0 Å². The lowest BCUT2D eigenvalue weighted by Crippen LogP contribution is -2.19. The van der Waals surface area contributed by atoms with Crippen molar-refractivity contribution in [2.75, 3.05) is 0 Å². The maximum Gasteiger partial charge on any atom is 0.264 e. The molecule has 4 nitrogen and oxygen atoms in total. The van der Waals surface area contributed by atoms with Crippen molar-refractivity contribution in [3.05, 3.63) is 112 Å². The summed E-state index contributed by atoms with van der Waals surface area (Å²) in [7, 11) is 0. The van der Waals surface area contributed by atoms with Crippen LogP contribution < -0.4 is 10.1 Å². The van der Waals surface area contributed by atoms with Crippen molar-refractivity contribution < 1.29 is 9.53 Å². The van der Waals surface area contributed by atoms with Crippen LogP contribution in [0.1, 0.15) is 11.1 Å². The van der Waals surface area contributed by atoms with Gasteiger partial charge in [-0.15, -0.1) is 0 Å². The van der Waals surface area contributed by atoms with Gasteiger partial charge in [0.05, 0.1) is 10.6 Å². The van der Waals surface area contributed by atoms with E-state index >= 15 is 0 Å². The molecule has 0 aliphatic carbocycles. The number of ether oxygens (including phenoxy) is 1. The average molecular weight is 515 g/mol. The molecule has 1 aliphatic heterocycles. The number of rotatable bonds is 5. The second-order valence-electron chi connectivity index (χ2n) is 7.43. The molecule has 0 saturated carbocycles. The largest absolute Gasteiger partial charge is 0.488 e. The first-order valence-corrected chi connectivity index (χ1v) is 12.0. The minimum absolute atomic E-state index is 0.172. The van der Waals surface area contributed by atoms with Crippen LogP contribution >= 0.6 is 27.7 Å². The van der Waals surface area contributed by atoms with Crippen LogP contribution in [0.2, 0.25) is 0 Å². The van der Waals surface area contributed by atoms with E-state index in [1.54, 1.807) is 0 Å². The first-order valence-electron chi connectivity index (χ1n) is 10.4. The van der Waals surface area contributed by atoms with Gasteiger partial charge in [0.2, 0.25) is 0 Å². The topological polar surface area (TPSA) is 50.7 Å². The fourth-order valence-electron chi connectivity index (χ4n) is 3.58. The number of hydrogen-bond acceptors (Lipinski definition) is 4. The molecule has 1 aliphatic rings. The van der Waals surface area contributed by atoms with Gasteiger partial charge in [0.1, 0.15) is 12.4 Å². The van der Waals surface area contributed by atoms with Crippen LogP contribution in [-0.4, -0.2) is 11.1 Å². The van der Waals surface area contributed by atoms with E-state index in [1.165, 1.54) is 22.5 Å². The molecule has 0 aromatic heterocycles. The highest BCUT2D eigenvalue weighted by atomic mass is 79.9. The predicted molar refractivity (Wildman–Crippen MR) is 140 cm³/mol. The van der Waals surface area contributed by atoms with Crippen molar-refractivity contribution in [1.29, 1.82) is 0 Å². The Morgan fingerprint density at radius 1 is 0.939 bits per heavy atom. The van der Waals surface area contributed by atoms with Crippen molar-refractivity contribution in [3.63, 3.8) is 0 Å². The molecule has 162 valence electrons. The number of nitrogens with one attached hydrogen (secondary N) is 1. The highest BCUT2D eigenvalue weighted by Crippen LogP contribution is 2.32. The molecule has 1 heterocycles. The molecule has 1 fully saturated rings. The summed E-state index contributed by atoms with van der Waals surface area (Å²) in [5, 5.41) is 5.75. The number of benzene rings is 4. The summed E-state index contributed by atoms with van der Waals surface area (Å²) in [5.74, 6) is 0.537. The number of para-hydroxylation sites is 1. The monoisotopic (exact) mass is 514 g/mol. The van der Waals surface area contributed by atoms with Gasteiger partial charge in [0.25, 0.3) is 5.91 Å². The fourth-order valence-corrected chi connectivity index (χ4v) is 4.79. The van der Waals surface area contributed by atoms with Gasteiger partial charge in [-0.2, -0.15) is 0 Å². The first-order chi connectivity index (χ1) is 16.2. The minimum Gasteiger partial charge on any atom is -0.488 e. The molecular formula is C27H19BrN2O2S. The Balaban J connectivity index is 1.40. The lowest BCUT2D eigenvalue weighted by atomic mass is 10.1. The van der Waals surface area contributed by atoms with E-state index in [0.717, 1.165) is 21.3 Å². The van der Waals surface area contributed by atoms with E-state index < -0.39 is 0 Å². The Hall–Kier alpha value is -3.35. The number of carbonyl (C=O) groups excluding carboxylic acids is 1. The predicted octanol–water partition coefficient (Wildman–Crippen LogP) is 7.07. The lowest BCUT2D eigenvalue weighted by molar-refractivity contribution is -0.115. The first kappa shape index (κ1) is 21.5. The van der Waals surface area contributed by atoms with Crippen molar-refractivity contribution in [2.45, 2.75) is 6.61 Å². The van der Waals surface area contributed by atoms with Gasteiger partial charge in [-0.05, 0) is 64.5 Å². The van der Waals surface area contributed by atoms with Crippen LogP contribution in [-0.2, 0) is 11.4 Å². The second kappa shape index (κ2) is 9.65. The average Bonchev–Trinajstić information content (AvgIpc) is 3.17. The van der Waals surface area contributed by atoms with Crippen LogP contribution in [0.15, 0.2) is 105 Å². The number of thioether (sulfide) groups is 1. The number of halogens is 1. The Bertz CT molecular complexity index is 1390. The molecule has 1 N–H and O–H groups in total. The third-order valence-corrected chi connectivity index (χ3v) is 6.56. The summed E-state index contributed by atoms with van der Waals surface area (Å²) < 4.78 is 7.13. The normalized spacial score (nSPS) is 15.8. The van der Waals surface area contributed by atoms with E-state index in [0.29, 0.717) is 22.4 Å². The Morgan fingerprint density at radius 3 is 2.61 bits per heavy atom. The Kier molecular flexibility index (Phi) is 6.28. The quantitative estimate of drug-likeness (QED) is 0.289. The highest BCUT2D eigenvalue weighted by molar-refractivity contribution is 9.10. The number of hydrogen-bond donors (Lipinski definition) is 1. The number of carbonyl (C=O) groups is 1. The van der Waals surface area contributed by atoms with Gasteiger partial charge >= 0.3 is 0 Å². The van der Waals surface area contributed by atoms with Crippen LogP contribution in [0.4, 0.5) is 5.69 Å². The molecule has 0 atom stereocenters. The maximum absolute atomic E-state index is 12.6. The summed E-state index contributed by atoms with van der Waals surface area (Å²) in [6.07, 6.45) is 1.84. The molecule has 0 bridgehead atoms. The van der Waals surface area contributed by atoms with Gasteiger partial charge in [0, 0.05) is 10.0 Å². The molecule has 0 radical (unpaired) electrons. The van der Waals surface area contributed by atoms with E-state index in [9.17, 15) is 4.79 Å². The molecule has 33 heavy (non-hydrogen) atoms. The van der Waals surface area contributed by atoms with Crippen molar-refractivity contribution >= 4 is 61.3 Å². The number of fused-ring (bicyclic) bond motifs is 1. The third kappa shape index (κ3) is 5.02. The smallest absolute Gasteiger partial charge is 0.264 e. The molecule has 4 aromatic rings. The zero-order valence-corrected chi connectivity index (χ0v) is 19.9. The number of amidine groups is 1. The molecule has 0 unspecified atom stereocenters.